The van der Waals surface area contributed by atoms with Crippen LogP contribution >= 0.6 is 0 Å². The number of benzene rings is 1. The zero-order valence-corrected chi connectivity index (χ0v) is 10.3. The smallest absolute Gasteiger partial charge is 0.115 e. The third kappa shape index (κ3) is 3.20. The molecule has 94 valence electrons. The minimum Gasteiger partial charge on any atom is -0.508 e. The minimum absolute atomic E-state index is 0.300. The van der Waals surface area contributed by atoms with E-state index in [2.05, 4.69) is 4.90 Å². The summed E-state index contributed by atoms with van der Waals surface area (Å²) < 4.78 is 0. The molecule has 0 aromatic heterocycles. The summed E-state index contributed by atoms with van der Waals surface area (Å²) in [6, 6.07) is 7.76. The van der Waals surface area contributed by atoms with E-state index in [-0.39, 0.29) is 0 Å². The van der Waals surface area contributed by atoms with E-state index in [1.54, 1.807) is 12.1 Å². The van der Waals surface area contributed by atoms with Crippen LogP contribution in [0, 0.1) is 0 Å². The number of nitrogens with two attached hydrogens (primary N) is 1. The topological polar surface area (TPSA) is 49.5 Å². The number of nitrogens with zero attached hydrogens (tertiary/aromatic N) is 1. The highest BCUT2D eigenvalue weighted by molar-refractivity contribution is 5.28. The molecule has 1 aromatic rings. The van der Waals surface area contributed by atoms with Crippen LogP contribution in [0.1, 0.15) is 37.3 Å². The normalized spacial score (nSPS) is 19.8. The van der Waals surface area contributed by atoms with E-state index < -0.39 is 0 Å². The number of likely N-dealkylation sites (tertiary alicyclic amines) is 1. The van der Waals surface area contributed by atoms with Gasteiger partial charge in [-0.1, -0.05) is 25.0 Å². The third-order valence-corrected chi connectivity index (χ3v) is 3.58. The number of hydrogen-bond donors (Lipinski definition) is 2. The fourth-order valence-corrected chi connectivity index (χ4v) is 2.60. The first-order valence-electron chi connectivity index (χ1n) is 6.54. The average Bonchev–Trinajstić information content (AvgIpc) is 2.62. The van der Waals surface area contributed by atoms with E-state index >= 15 is 0 Å². The second-order valence-corrected chi connectivity index (χ2v) is 4.79. The molecule has 0 amide bonds. The van der Waals surface area contributed by atoms with E-state index in [1.807, 2.05) is 12.1 Å². The molecule has 0 aliphatic carbocycles. The van der Waals surface area contributed by atoms with Crippen LogP contribution in [0.2, 0.25) is 0 Å². The Bertz CT molecular complexity index is 329. The van der Waals surface area contributed by atoms with Crippen LogP contribution in [0.3, 0.4) is 0 Å². The molecule has 0 saturated carbocycles. The van der Waals surface area contributed by atoms with Crippen molar-refractivity contribution in [2.24, 2.45) is 5.73 Å². The van der Waals surface area contributed by atoms with Crippen molar-refractivity contribution in [1.82, 2.24) is 4.90 Å². The van der Waals surface area contributed by atoms with Gasteiger partial charge >= 0.3 is 0 Å². The number of hydrogen-bond acceptors (Lipinski definition) is 3. The first-order chi connectivity index (χ1) is 8.31. The lowest BCUT2D eigenvalue weighted by molar-refractivity contribution is 0.209. The summed E-state index contributed by atoms with van der Waals surface area (Å²) in [6.45, 7) is 2.93. The second kappa shape index (κ2) is 6.03. The molecular formula is C14H22N2O. The molecule has 1 heterocycles. The Kier molecular flexibility index (Phi) is 4.40. The number of phenols is 1. The first-order valence-corrected chi connectivity index (χ1v) is 6.54. The van der Waals surface area contributed by atoms with Crippen LogP contribution in [-0.2, 0) is 0 Å². The zero-order valence-electron chi connectivity index (χ0n) is 10.3. The maximum Gasteiger partial charge on any atom is 0.115 e. The monoisotopic (exact) mass is 234 g/mol. The molecule has 1 atom stereocenters. The van der Waals surface area contributed by atoms with Crippen molar-refractivity contribution >= 4 is 0 Å². The summed E-state index contributed by atoms with van der Waals surface area (Å²) in [5, 5.41) is 9.32. The lowest BCUT2D eigenvalue weighted by Crippen LogP contribution is -2.34. The van der Waals surface area contributed by atoms with Gasteiger partial charge in [0.25, 0.3) is 0 Å². The highest BCUT2D eigenvalue weighted by atomic mass is 16.3. The van der Waals surface area contributed by atoms with Crippen LogP contribution in [0.15, 0.2) is 24.3 Å². The van der Waals surface area contributed by atoms with Gasteiger partial charge in [0, 0.05) is 12.6 Å². The summed E-state index contributed by atoms with van der Waals surface area (Å²) in [4.78, 5) is 2.49. The molecule has 0 spiro atoms. The highest BCUT2D eigenvalue weighted by Gasteiger charge is 2.19. The molecule has 1 saturated heterocycles. The lowest BCUT2D eigenvalue weighted by atomic mass is 10.0. The Morgan fingerprint density at radius 1 is 1.06 bits per heavy atom. The summed E-state index contributed by atoms with van der Waals surface area (Å²) in [5.74, 6) is 0.320. The predicted molar refractivity (Wildman–Crippen MR) is 69.9 cm³/mol. The van der Waals surface area contributed by atoms with Crippen molar-refractivity contribution in [2.45, 2.75) is 31.7 Å². The number of phenolic OH excluding ortho intramolecular Hbond substituents is 1. The third-order valence-electron chi connectivity index (χ3n) is 3.58. The Balaban J connectivity index is 2.11. The van der Waals surface area contributed by atoms with Crippen molar-refractivity contribution in [3.8, 4) is 5.75 Å². The van der Waals surface area contributed by atoms with Gasteiger partial charge in [-0.3, -0.25) is 4.90 Å². The molecule has 1 aliphatic heterocycles. The molecule has 3 nitrogen and oxygen atoms in total. The number of aromatic hydroxyl groups is 1. The van der Waals surface area contributed by atoms with Crippen molar-refractivity contribution in [3.05, 3.63) is 29.8 Å². The largest absolute Gasteiger partial charge is 0.508 e. The molecule has 3 heteroatoms. The van der Waals surface area contributed by atoms with Crippen LogP contribution in [0.25, 0.3) is 0 Å². The van der Waals surface area contributed by atoms with Crippen molar-refractivity contribution < 1.29 is 5.11 Å². The fraction of sp³-hybridized carbons (Fsp3) is 0.571. The van der Waals surface area contributed by atoms with Gasteiger partial charge in [-0.25, -0.2) is 0 Å². The Labute approximate surface area is 103 Å². The van der Waals surface area contributed by atoms with Gasteiger partial charge in [0.1, 0.15) is 5.75 Å². The molecule has 1 aromatic carbocycles. The quantitative estimate of drug-likeness (QED) is 0.843. The van der Waals surface area contributed by atoms with Crippen LogP contribution in [0.4, 0.5) is 0 Å². The number of rotatable bonds is 3. The molecule has 3 N–H and O–H groups in total. The van der Waals surface area contributed by atoms with Crippen molar-refractivity contribution in [1.29, 1.82) is 0 Å². The van der Waals surface area contributed by atoms with Crippen molar-refractivity contribution in [3.63, 3.8) is 0 Å². The second-order valence-electron chi connectivity index (χ2n) is 4.79. The SMILES string of the molecule is NCC(c1ccc(O)cc1)N1CCCCCC1. The summed E-state index contributed by atoms with van der Waals surface area (Å²) >= 11 is 0. The van der Waals surface area contributed by atoms with E-state index in [0.29, 0.717) is 18.3 Å². The molecule has 17 heavy (non-hydrogen) atoms. The minimum atomic E-state index is 0.300. The van der Waals surface area contributed by atoms with Gasteiger partial charge in [-0.2, -0.15) is 0 Å². The van der Waals surface area contributed by atoms with E-state index in [4.69, 9.17) is 5.73 Å². The highest BCUT2D eigenvalue weighted by Crippen LogP contribution is 2.24. The van der Waals surface area contributed by atoms with E-state index in [9.17, 15) is 5.11 Å². The summed E-state index contributed by atoms with van der Waals surface area (Å²) in [6.07, 6.45) is 5.22. The van der Waals surface area contributed by atoms with Gasteiger partial charge < -0.3 is 10.8 Å². The van der Waals surface area contributed by atoms with Crippen LogP contribution < -0.4 is 5.73 Å². The Morgan fingerprint density at radius 3 is 2.18 bits per heavy atom. The van der Waals surface area contributed by atoms with Gasteiger partial charge in [-0.05, 0) is 43.6 Å². The lowest BCUT2D eigenvalue weighted by Gasteiger charge is -2.30. The molecular weight excluding hydrogens is 212 g/mol. The predicted octanol–water partition coefficient (Wildman–Crippen LogP) is 2.27. The molecule has 2 rings (SSSR count). The van der Waals surface area contributed by atoms with Gasteiger partial charge in [0.2, 0.25) is 0 Å². The summed E-state index contributed by atoms with van der Waals surface area (Å²) in [7, 11) is 0. The molecule has 0 bridgehead atoms. The zero-order chi connectivity index (χ0) is 12.1. The van der Waals surface area contributed by atoms with Gasteiger partial charge in [0.05, 0.1) is 0 Å². The maximum absolute atomic E-state index is 9.32. The van der Waals surface area contributed by atoms with Gasteiger partial charge in [-0.15, -0.1) is 0 Å². The Hall–Kier alpha value is -1.06. The van der Waals surface area contributed by atoms with E-state index in [1.165, 1.54) is 31.2 Å². The van der Waals surface area contributed by atoms with Crippen molar-refractivity contribution in [2.75, 3.05) is 19.6 Å². The molecule has 1 unspecified atom stereocenters. The van der Waals surface area contributed by atoms with E-state index in [0.717, 1.165) is 13.1 Å². The molecule has 1 fully saturated rings. The van der Waals surface area contributed by atoms with Gasteiger partial charge in [0.15, 0.2) is 0 Å². The summed E-state index contributed by atoms with van der Waals surface area (Å²) in [5.41, 5.74) is 7.14. The van der Waals surface area contributed by atoms with Crippen LogP contribution in [0.5, 0.6) is 5.75 Å². The Morgan fingerprint density at radius 2 is 1.65 bits per heavy atom. The molecule has 0 radical (unpaired) electrons. The standard InChI is InChI=1S/C14H22N2O/c15-11-14(12-5-7-13(17)8-6-12)16-9-3-1-2-4-10-16/h5-8,14,17H,1-4,9-11,15H2. The fourth-order valence-electron chi connectivity index (χ4n) is 2.60. The first kappa shape index (κ1) is 12.4. The maximum atomic E-state index is 9.32. The average molecular weight is 234 g/mol. The molecule has 1 aliphatic rings. The van der Waals surface area contributed by atoms with Crippen LogP contribution in [-0.4, -0.2) is 29.6 Å².